The van der Waals surface area contributed by atoms with E-state index in [2.05, 4.69) is 4.90 Å². The summed E-state index contributed by atoms with van der Waals surface area (Å²) in [7, 11) is 0. The lowest BCUT2D eigenvalue weighted by atomic mass is 9.93. The topological polar surface area (TPSA) is 46.3 Å². The molecule has 1 fully saturated rings. The lowest BCUT2D eigenvalue weighted by Gasteiger charge is -2.31. The maximum atomic E-state index is 12.8. The van der Waals surface area contributed by atoms with Crippen LogP contribution >= 0.6 is 0 Å². The van der Waals surface area contributed by atoms with Gasteiger partial charge in [0, 0.05) is 6.42 Å². The van der Waals surface area contributed by atoms with Gasteiger partial charge in [0.2, 0.25) is 5.91 Å². The van der Waals surface area contributed by atoms with Gasteiger partial charge in [-0.2, -0.15) is 0 Å². The molecule has 1 aromatic rings. The minimum Gasteiger partial charge on any atom is -0.370 e. The van der Waals surface area contributed by atoms with E-state index in [4.69, 9.17) is 5.73 Å². The first-order chi connectivity index (χ1) is 10.1. The Labute approximate surface area is 126 Å². The Morgan fingerprint density at radius 3 is 2.48 bits per heavy atom. The molecule has 0 spiro atoms. The van der Waals surface area contributed by atoms with E-state index in [0.717, 1.165) is 51.7 Å². The quantitative estimate of drug-likeness (QED) is 0.785. The molecule has 0 unspecified atom stereocenters. The number of benzene rings is 1. The van der Waals surface area contributed by atoms with Gasteiger partial charge in [0.15, 0.2) is 0 Å². The van der Waals surface area contributed by atoms with Crippen LogP contribution in [0, 0.1) is 11.7 Å². The second-order valence-corrected chi connectivity index (χ2v) is 6.04. The number of nitrogens with two attached hydrogens (primary N) is 1. The molecule has 3 nitrogen and oxygen atoms in total. The first-order valence-electron chi connectivity index (χ1n) is 7.88. The molecule has 2 rings (SSSR count). The second kappa shape index (κ2) is 8.13. The van der Waals surface area contributed by atoms with Gasteiger partial charge >= 0.3 is 0 Å². The Bertz CT molecular complexity index is 439. The molecule has 1 saturated heterocycles. The van der Waals surface area contributed by atoms with Gasteiger partial charge < -0.3 is 10.6 Å². The van der Waals surface area contributed by atoms with E-state index in [1.165, 1.54) is 17.7 Å². The molecule has 1 amide bonds. The molecule has 21 heavy (non-hydrogen) atoms. The SMILES string of the molecule is NC(=O)CC1CCN(CCCCc2ccc(F)cc2)CC1. The van der Waals surface area contributed by atoms with Crippen LogP contribution in [0.15, 0.2) is 24.3 Å². The molecular weight excluding hydrogens is 267 g/mol. The lowest BCUT2D eigenvalue weighted by molar-refractivity contribution is -0.119. The summed E-state index contributed by atoms with van der Waals surface area (Å²) >= 11 is 0. The van der Waals surface area contributed by atoms with E-state index < -0.39 is 0 Å². The zero-order valence-corrected chi connectivity index (χ0v) is 12.6. The van der Waals surface area contributed by atoms with Crippen molar-refractivity contribution in [1.29, 1.82) is 0 Å². The average molecular weight is 292 g/mol. The van der Waals surface area contributed by atoms with Crippen LogP contribution < -0.4 is 5.73 Å². The highest BCUT2D eigenvalue weighted by molar-refractivity contribution is 5.73. The Kier molecular flexibility index (Phi) is 6.18. The summed E-state index contributed by atoms with van der Waals surface area (Å²) in [5.41, 5.74) is 6.45. The number of unbranched alkanes of at least 4 members (excludes halogenated alkanes) is 1. The molecule has 1 aliphatic rings. The molecular formula is C17H25FN2O. The number of piperidine rings is 1. The predicted octanol–water partition coefficient (Wildman–Crippen LogP) is 2.74. The summed E-state index contributed by atoms with van der Waals surface area (Å²) in [4.78, 5) is 13.4. The molecule has 2 N–H and O–H groups in total. The van der Waals surface area contributed by atoms with Crippen LogP contribution in [-0.4, -0.2) is 30.4 Å². The summed E-state index contributed by atoms with van der Waals surface area (Å²) in [5.74, 6) is 0.142. The second-order valence-electron chi connectivity index (χ2n) is 6.04. The van der Waals surface area contributed by atoms with Crippen LogP contribution in [0.2, 0.25) is 0 Å². The highest BCUT2D eigenvalue weighted by atomic mass is 19.1. The molecule has 4 heteroatoms. The summed E-state index contributed by atoms with van der Waals surface area (Å²) in [6.07, 6.45) is 6.02. The zero-order valence-electron chi connectivity index (χ0n) is 12.6. The Morgan fingerprint density at radius 2 is 1.86 bits per heavy atom. The third-order valence-corrected chi connectivity index (χ3v) is 4.30. The Morgan fingerprint density at radius 1 is 1.19 bits per heavy atom. The van der Waals surface area contributed by atoms with Gasteiger partial charge in [-0.3, -0.25) is 4.79 Å². The molecule has 1 aliphatic heterocycles. The minimum atomic E-state index is -0.173. The number of carbonyl (C=O) groups excluding carboxylic acids is 1. The number of likely N-dealkylation sites (tertiary alicyclic amines) is 1. The molecule has 116 valence electrons. The number of carbonyl (C=O) groups is 1. The van der Waals surface area contributed by atoms with Crippen molar-refractivity contribution >= 4 is 5.91 Å². The number of amides is 1. The lowest BCUT2D eigenvalue weighted by Crippen LogP contribution is -2.35. The minimum absolute atomic E-state index is 0.169. The fraction of sp³-hybridized carbons (Fsp3) is 0.588. The van der Waals surface area contributed by atoms with Crippen molar-refractivity contribution in [2.24, 2.45) is 11.7 Å². The normalized spacial score (nSPS) is 17.0. The van der Waals surface area contributed by atoms with E-state index in [9.17, 15) is 9.18 Å². The van der Waals surface area contributed by atoms with Crippen LogP contribution in [0.5, 0.6) is 0 Å². The standard InChI is InChI=1S/C17H25FN2O/c18-16-6-4-14(5-7-16)3-1-2-10-20-11-8-15(9-12-20)13-17(19)21/h4-7,15H,1-3,8-13H2,(H2,19,21). The summed E-state index contributed by atoms with van der Waals surface area (Å²) in [6, 6.07) is 6.78. The van der Waals surface area contributed by atoms with Gasteiger partial charge in [0.1, 0.15) is 5.82 Å². The number of nitrogens with zero attached hydrogens (tertiary/aromatic N) is 1. The van der Waals surface area contributed by atoms with Gasteiger partial charge in [-0.1, -0.05) is 12.1 Å². The molecule has 0 aromatic heterocycles. The highest BCUT2D eigenvalue weighted by Crippen LogP contribution is 2.20. The van der Waals surface area contributed by atoms with Gasteiger partial charge in [-0.05, 0) is 75.4 Å². The van der Waals surface area contributed by atoms with Gasteiger partial charge in [0.05, 0.1) is 0 Å². The number of hydrogen-bond donors (Lipinski definition) is 1. The predicted molar refractivity (Wildman–Crippen MR) is 82.3 cm³/mol. The average Bonchev–Trinajstić information content (AvgIpc) is 2.46. The molecule has 1 aromatic carbocycles. The van der Waals surface area contributed by atoms with Crippen LogP contribution in [0.1, 0.15) is 37.7 Å². The largest absolute Gasteiger partial charge is 0.370 e. The number of aryl methyl sites for hydroxylation is 1. The van der Waals surface area contributed by atoms with Crippen LogP contribution in [0.4, 0.5) is 4.39 Å². The molecule has 0 bridgehead atoms. The Hall–Kier alpha value is -1.42. The fourth-order valence-electron chi connectivity index (χ4n) is 3.01. The van der Waals surface area contributed by atoms with E-state index in [1.54, 1.807) is 0 Å². The molecule has 0 aliphatic carbocycles. The van der Waals surface area contributed by atoms with Gasteiger partial charge in [-0.15, -0.1) is 0 Å². The third-order valence-electron chi connectivity index (χ3n) is 4.30. The number of primary amides is 1. The number of hydrogen-bond acceptors (Lipinski definition) is 2. The number of rotatable bonds is 7. The van der Waals surface area contributed by atoms with Crippen molar-refractivity contribution in [2.75, 3.05) is 19.6 Å². The van der Waals surface area contributed by atoms with Gasteiger partial charge in [-0.25, -0.2) is 4.39 Å². The smallest absolute Gasteiger partial charge is 0.217 e. The van der Waals surface area contributed by atoms with Crippen LogP contribution in [-0.2, 0) is 11.2 Å². The summed E-state index contributed by atoms with van der Waals surface area (Å²) in [6.45, 7) is 3.27. The van der Waals surface area contributed by atoms with E-state index in [0.29, 0.717) is 12.3 Å². The monoisotopic (exact) mass is 292 g/mol. The van der Waals surface area contributed by atoms with Crippen LogP contribution in [0.25, 0.3) is 0 Å². The van der Waals surface area contributed by atoms with Gasteiger partial charge in [0.25, 0.3) is 0 Å². The van der Waals surface area contributed by atoms with E-state index in [1.807, 2.05) is 12.1 Å². The Balaban J connectivity index is 1.57. The van der Waals surface area contributed by atoms with Crippen molar-refractivity contribution in [3.8, 4) is 0 Å². The summed E-state index contributed by atoms with van der Waals surface area (Å²) < 4.78 is 12.8. The van der Waals surface area contributed by atoms with Crippen LogP contribution in [0.3, 0.4) is 0 Å². The van der Waals surface area contributed by atoms with Crippen molar-refractivity contribution in [1.82, 2.24) is 4.90 Å². The zero-order chi connectivity index (χ0) is 15.1. The van der Waals surface area contributed by atoms with Crippen molar-refractivity contribution < 1.29 is 9.18 Å². The van der Waals surface area contributed by atoms with Crippen molar-refractivity contribution in [3.05, 3.63) is 35.6 Å². The first kappa shape index (κ1) is 16.0. The number of halogens is 1. The highest BCUT2D eigenvalue weighted by Gasteiger charge is 2.19. The van der Waals surface area contributed by atoms with E-state index >= 15 is 0 Å². The fourth-order valence-corrected chi connectivity index (χ4v) is 3.01. The van der Waals surface area contributed by atoms with E-state index in [-0.39, 0.29) is 11.7 Å². The van der Waals surface area contributed by atoms with Crippen molar-refractivity contribution in [3.63, 3.8) is 0 Å². The maximum Gasteiger partial charge on any atom is 0.217 e. The molecule has 0 radical (unpaired) electrons. The molecule has 1 heterocycles. The maximum absolute atomic E-state index is 12.8. The third kappa shape index (κ3) is 5.84. The summed E-state index contributed by atoms with van der Waals surface area (Å²) in [5, 5.41) is 0. The molecule has 0 saturated carbocycles. The van der Waals surface area contributed by atoms with Crippen molar-refractivity contribution in [2.45, 2.75) is 38.5 Å². The first-order valence-corrected chi connectivity index (χ1v) is 7.88. The molecule has 0 atom stereocenters.